The van der Waals surface area contributed by atoms with E-state index < -0.39 is 195 Å². The predicted octanol–water partition coefficient (Wildman–Crippen LogP) is 11.7. The zero-order valence-corrected chi connectivity index (χ0v) is 33.0. The van der Waals surface area contributed by atoms with E-state index in [1.807, 2.05) is 0 Å². The second-order valence-corrected chi connectivity index (χ2v) is 15.2. The number of benzene rings is 4. The summed E-state index contributed by atoms with van der Waals surface area (Å²) in [6, 6.07) is -8.81. The topological polar surface area (TPSA) is 9.23 Å². The fraction of sp³-hybridized carbons (Fsp3) is 0.385. The van der Waals surface area contributed by atoms with Gasteiger partial charge in [-0.05, 0) is 31.2 Å². The average Bonchev–Trinajstić information content (AvgIpc) is 3.16. The van der Waals surface area contributed by atoms with Crippen LogP contribution in [0.15, 0.2) is 72.8 Å². The standard InChI is InChI=1S/C32H12BF24.C7H16NO/c34-25(35,36)13-1-14(26(37,38)39)6-21(5-13)33(22-7-15(27(40,41)42)2-16(8-22)28(43,44)45,23-9-17(29(46,47)48)3-18(10-23)30(49,50)51)24-11-19(31(52,53)54)4-20(12-24)32(55,56)57;1-3-8(2)4-6-9-7-5-8/h1-12H;3-7H2,1-2H3/q-1;+1. The summed E-state index contributed by atoms with van der Waals surface area (Å²) in [5.74, 6) is 0. The second-order valence-electron chi connectivity index (χ2n) is 15.2. The molecule has 1 saturated heterocycles. The molecule has 0 amide bonds. The molecule has 0 spiro atoms. The SMILES string of the molecule is CC[N+]1(C)CCOCC1.FC(F)(F)c1cc([B-](c2cc(C(F)(F)F)cc(C(F)(F)F)c2)(c2cc(C(F)(F)F)cc(C(F)(F)F)c2)c2cc(C(F)(F)F)cc(C(F)(F)F)c2)cc(C(F)(F)F)c1. The van der Waals surface area contributed by atoms with E-state index >= 15 is 0 Å². The van der Waals surface area contributed by atoms with Gasteiger partial charge in [0.05, 0.1) is 71.3 Å². The van der Waals surface area contributed by atoms with Crippen LogP contribution in [0.1, 0.15) is 51.4 Å². The maximum atomic E-state index is 14.2. The van der Waals surface area contributed by atoms with Crippen LogP contribution < -0.4 is 21.9 Å². The van der Waals surface area contributed by atoms with Gasteiger partial charge in [-0.25, -0.2) is 0 Å². The Balaban J connectivity index is 0.000000942. The number of likely N-dealkylation sites (N-methyl/N-ethyl adjacent to an activating group) is 1. The Bertz CT molecular complexity index is 1920. The highest BCUT2D eigenvalue weighted by atomic mass is 19.4. The van der Waals surface area contributed by atoms with E-state index in [-0.39, 0.29) is 0 Å². The summed E-state index contributed by atoms with van der Waals surface area (Å²) in [7, 11) is 2.29. The molecular weight excluding hydrogens is 965 g/mol. The lowest BCUT2D eigenvalue weighted by Crippen LogP contribution is -2.75. The minimum Gasteiger partial charge on any atom is -0.370 e. The zero-order valence-electron chi connectivity index (χ0n) is 33.0. The summed E-state index contributed by atoms with van der Waals surface area (Å²) in [6.07, 6.45) is -54.8. The minimum atomic E-state index is -6.13. The number of hydrogen-bond acceptors (Lipinski definition) is 1. The fourth-order valence-corrected chi connectivity index (χ4v) is 7.17. The van der Waals surface area contributed by atoms with Crippen LogP contribution in [0.25, 0.3) is 0 Å². The van der Waals surface area contributed by atoms with Gasteiger partial charge in [0, 0.05) is 0 Å². The smallest absolute Gasteiger partial charge is 0.370 e. The lowest BCUT2D eigenvalue weighted by Gasteiger charge is -2.46. The zero-order chi connectivity index (χ0) is 50.7. The first-order valence-corrected chi connectivity index (χ1v) is 18.3. The summed E-state index contributed by atoms with van der Waals surface area (Å²) in [5, 5.41) is 0. The molecule has 0 N–H and O–H groups in total. The highest BCUT2D eigenvalue weighted by Crippen LogP contribution is 2.41. The van der Waals surface area contributed by atoms with E-state index in [0.717, 1.165) is 13.2 Å². The van der Waals surface area contributed by atoms with Crippen LogP contribution in [0.3, 0.4) is 0 Å². The summed E-state index contributed by atoms with van der Waals surface area (Å²) < 4.78 is 347. The van der Waals surface area contributed by atoms with Gasteiger partial charge in [-0.1, -0.05) is 48.5 Å². The van der Waals surface area contributed by atoms with Crippen molar-refractivity contribution in [1.82, 2.24) is 0 Å². The van der Waals surface area contributed by atoms with Crippen LogP contribution in [-0.4, -0.2) is 50.5 Å². The number of quaternary nitrogens is 1. The Hall–Kier alpha value is -4.82. The van der Waals surface area contributed by atoms with Crippen LogP contribution in [0.5, 0.6) is 0 Å². The molecule has 1 aliphatic heterocycles. The number of rotatable bonds is 5. The van der Waals surface area contributed by atoms with Crippen molar-refractivity contribution in [2.24, 2.45) is 0 Å². The molecule has 27 heteroatoms. The van der Waals surface area contributed by atoms with E-state index in [2.05, 4.69) is 14.0 Å². The first-order valence-electron chi connectivity index (χ1n) is 18.3. The second kappa shape index (κ2) is 17.7. The first-order chi connectivity index (χ1) is 29.5. The number of alkyl halides is 24. The van der Waals surface area contributed by atoms with E-state index in [4.69, 9.17) is 4.74 Å². The van der Waals surface area contributed by atoms with E-state index in [1.54, 1.807) is 0 Å². The summed E-state index contributed by atoms with van der Waals surface area (Å²) in [5.41, 5.74) is -30.2. The molecule has 0 radical (unpaired) electrons. The average molecular weight is 993 g/mol. The Morgan fingerprint density at radius 3 is 0.636 bits per heavy atom. The third-order valence-corrected chi connectivity index (χ3v) is 10.8. The van der Waals surface area contributed by atoms with Crippen molar-refractivity contribution in [2.75, 3.05) is 39.9 Å². The molecule has 1 fully saturated rings. The van der Waals surface area contributed by atoms with Crippen molar-refractivity contribution in [1.29, 1.82) is 0 Å². The van der Waals surface area contributed by atoms with Crippen molar-refractivity contribution < 1.29 is 115 Å². The highest BCUT2D eigenvalue weighted by Gasteiger charge is 2.47. The molecule has 66 heavy (non-hydrogen) atoms. The van der Waals surface area contributed by atoms with E-state index in [9.17, 15) is 105 Å². The van der Waals surface area contributed by atoms with Gasteiger partial charge in [-0.3, -0.25) is 0 Å². The number of morpholine rings is 1. The highest BCUT2D eigenvalue weighted by molar-refractivity contribution is 7.20. The summed E-state index contributed by atoms with van der Waals surface area (Å²) in [4.78, 5) is 0. The molecule has 1 heterocycles. The Kier molecular flexibility index (Phi) is 14.4. The lowest BCUT2D eigenvalue weighted by molar-refractivity contribution is -0.915. The van der Waals surface area contributed by atoms with Gasteiger partial charge in [0.2, 0.25) is 0 Å². The number of halogens is 24. The predicted molar refractivity (Wildman–Crippen MR) is 187 cm³/mol. The monoisotopic (exact) mass is 993 g/mol. The number of nitrogens with zero attached hydrogens (tertiary/aromatic N) is 1. The molecule has 5 rings (SSSR count). The van der Waals surface area contributed by atoms with Crippen molar-refractivity contribution in [3.8, 4) is 0 Å². The van der Waals surface area contributed by atoms with Crippen LogP contribution in [-0.2, 0) is 54.1 Å². The number of hydrogen-bond donors (Lipinski definition) is 0. The molecule has 0 bridgehead atoms. The lowest BCUT2D eigenvalue weighted by atomic mass is 9.12. The quantitative estimate of drug-likeness (QED) is 0.110. The van der Waals surface area contributed by atoms with Gasteiger partial charge < -0.3 is 9.22 Å². The van der Waals surface area contributed by atoms with Gasteiger partial charge in [-0.15, -0.1) is 0 Å². The van der Waals surface area contributed by atoms with Gasteiger partial charge in [0.15, 0.2) is 0 Å². The van der Waals surface area contributed by atoms with Gasteiger partial charge in [0.25, 0.3) is 0 Å². The largest absolute Gasteiger partial charge is 0.416 e. The minimum absolute atomic E-state index is 0.691. The van der Waals surface area contributed by atoms with E-state index in [0.29, 0.717) is 0 Å². The molecule has 0 unspecified atom stereocenters. The van der Waals surface area contributed by atoms with Crippen LogP contribution in [0.4, 0.5) is 105 Å². The van der Waals surface area contributed by atoms with Crippen LogP contribution in [0, 0.1) is 0 Å². The molecule has 4 aromatic rings. The molecule has 0 saturated carbocycles. The molecular formula is C39H28BF24NO. The van der Waals surface area contributed by atoms with Crippen molar-refractivity contribution in [2.45, 2.75) is 56.3 Å². The third kappa shape index (κ3) is 12.2. The molecule has 0 atom stereocenters. The number of ether oxygens (including phenoxy) is 1. The molecule has 366 valence electrons. The van der Waals surface area contributed by atoms with Gasteiger partial charge in [-0.2, -0.15) is 127 Å². The van der Waals surface area contributed by atoms with Crippen LogP contribution in [0.2, 0.25) is 0 Å². The first kappa shape index (κ1) is 53.8. The van der Waals surface area contributed by atoms with Gasteiger partial charge in [0.1, 0.15) is 19.2 Å². The third-order valence-electron chi connectivity index (χ3n) is 10.8. The van der Waals surface area contributed by atoms with Crippen molar-refractivity contribution >= 4 is 28.0 Å². The Morgan fingerprint density at radius 1 is 0.348 bits per heavy atom. The molecule has 2 nitrogen and oxygen atoms in total. The summed E-state index contributed by atoms with van der Waals surface area (Å²) >= 11 is 0. The van der Waals surface area contributed by atoms with Gasteiger partial charge >= 0.3 is 49.4 Å². The molecule has 1 aliphatic rings. The molecule has 4 aromatic carbocycles. The summed E-state index contributed by atoms with van der Waals surface area (Å²) in [6.45, 7) is 7.76. The fourth-order valence-electron chi connectivity index (χ4n) is 7.17. The van der Waals surface area contributed by atoms with Crippen LogP contribution >= 0.6 is 0 Å². The van der Waals surface area contributed by atoms with Crippen molar-refractivity contribution in [3.05, 3.63) is 117 Å². The Labute approximate surface area is 356 Å². The van der Waals surface area contributed by atoms with Crippen molar-refractivity contribution in [3.63, 3.8) is 0 Å². The molecule has 0 aliphatic carbocycles. The molecule has 0 aromatic heterocycles. The van der Waals surface area contributed by atoms with E-state index in [1.165, 1.54) is 24.1 Å². The normalized spacial score (nSPS) is 15.9. The Morgan fingerprint density at radius 2 is 0.515 bits per heavy atom. The maximum Gasteiger partial charge on any atom is 0.416 e. The maximum absolute atomic E-state index is 14.2.